The third kappa shape index (κ3) is 17.4. The molecule has 0 aliphatic heterocycles. The number of hydrogen-bond acceptors (Lipinski definition) is 8. The summed E-state index contributed by atoms with van der Waals surface area (Å²) in [7, 11) is 7.37. The number of hydrogen-bond donors (Lipinski definition) is 2. The van der Waals surface area contributed by atoms with Crippen molar-refractivity contribution >= 4 is 77.3 Å². The lowest BCUT2D eigenvalue weighted by atomic mass is 9.69. The fourth-order valence-electron chi connectivity index (χ4n) is 2.19. The van der Waals surface area contributed by atoms with Crippen molar-refractivity contribution in [1.82, 2.24) is 10.6 Å². The predicted octanol–water partition coefficient (Wildman–Crippen LogP) is -0.824. The summed E-state index contributed by atoms with van der Waals surface area (Å²) in [6, 6.07) is 0. The number of rotatable bonds is 9. The largest absolute Gasteiger partial charge is 0.444 e. The van der Waals surface area contributed by atoms with Crippen molar-refractivity contribution in [3.05, 3.63) is 0 Å². The van der Waals surface area contributed by atoms with Gasteiger partial charge in [0.2, 0.25) is 0 Å². The summed E-state index contributed by atoms with van der Waals surface area (Å²) in [6.45, 7) is 11.2. The molecule has 0 heterocycles. The van der Waals surface area contributed by atoms with Crippen molar-refractivity contribution in [2.24, 2.45) is 0 Å². The molecule has 14 heteroatoms. The second-order valence-corrected chi connectivity index (χ2v) is 14.2. The number of carbonyl (C=O) groups is 4. The highest BCUT2D eigenvalue weighted by atomic mass is 32.2. The van der Waals surface area contributed by atoms with Gasteiger partial charge in [0.15, 0.2) is 10.2 Å². The second-order valence-electron chi connectivity index (χ2n) is 10.7. The molecule has 0 saturated carbocycles. The van der Waals surface area contributed by atoms with Crippen LogP contribution in [0.3, 0.4) is 0 Å². The van der Waals surface area contributed by atoms with Crippen LogP contribution in [0, 0.1) is 0 Å². The summed E-state index contributed by atoms with van der Waals surface area (Å²) in [6.07, 6.45) is -0.871. The van der Waals surface area contributed by atoms with Crippen LogP contribution >= 0.6 is 23.5 Å². The van der Waals surface area contributed by atoms with Gasteiger partial charge in [-0.15, -0.1) is 0 Å². The van der Waals surface area contributed by atoms with Crippen LogP contribution < -0.4 is 10.6 Å². The molecule has 0 atom stereocenters. The lowest BCUT2D eigenvalue weighted by Gasteiger charge is -2.26. The molecule has 2 amide bonds. The molecule has 0 bridgehead atoms. The maximum Gasteiger partial charge on any atom is 0.407 e. The molecular weight excluding hydrogens is 448 g/mol. The standard InChI is InChI=1S/C18H36B4N2O6S2/c1-15(2,3)29-13(27)23-9-17(19,20)31-11(25)7-8-12(26)32-18(21,22)10-24-14(28)30-16(4,5)6/h7-10,19-22H2,1-6H3,(H,23,27)(H,24,28). The normalized spacial score (nSPS) is 12.6. The van der Waals surface area contributed by atoms with E-state index in [1.54, 1.807) is 41.5 Å². The third-order valence-electron chi connectivity index (χ3n) is 3.43. The smallest absolute Gasteiger partial charge is 0.407 e. The van der Waals surface area contributed by atoms with Gasteiger partial charge in [0.25, 0.3) is 0 Å². The maximum absolute atomic E-state index is 12.3. The molecule has 0 aliphatic carbocycles. The van der Waals surface area contributed by atoms with E-state index in [9.17, 15) is 19.2 Å². The van der Waals surface area contributed by atoms with Crippen molar-refractivity contribution in [1.29, 1.82) is 0 Å². The first-order valence-corrected chi connectivity index (χ1v) is 12.2. The van der Waals surface area contributed by atoms with E-state index >= 15 is 0 Å². The SMILES string of the molecule is BC(B)(CNC(=O)OC(C)(C)C)SC(=O)CCC(=O)SC(B)(B)CNC(=O)OC(C)(C)C. The second kappa shape index (κ2) is 12.3. The maximum atomic E-state index is 12.3. The monoisotopic (exact) mass is 484 g/mol. The van der Waals surface area contributed by atoms with Gasteiger partial charge in [-0.25, -0.2) is 9.59 Å². The summed E-state index contributed by atoms with van der Waals surface area (Å²) in [5.74, 6) is 0. The van der Waals surface area contributed by atoms with Gasteiger partial charge >= 0.3 is 12.2 Å². The van der Waals surface area contributed by atoms with Crippen LogP contribution in [0.2, 0.25) is 0 Å². The van der Waals surface area contributed by atoms with Crippen molar-refractivity contribution in [3.63, 3.8) is 0 Å². The minimum atomic E-state index is -0.592. The van der Waals surface area contributed by atoms with Gasteiger partial charge in [-0.1, -0.05) is 23.5 Å². The fourth-order valence-corrected chi connectivity index (χ4v) is 4.12. The summed E-state index contributed by atoms with van der Waals surface area (Å²) in [5, 5.41) is 5.09. The molecule has 8 nitrogen and oxygen atoms in total. The Morgan fingerprint density at radius 2 is 0.938 bits per heavy atom. The number of amides is 2. The number of thioether (sulfide) groups is 2. The predicted molar refractivity (Wildman–Crippen MR) is 143 cm³/mol. The summed E-state index contributed by atoms with van der Waals surface area (Å²) in [4.78, 5) is 48.3. The highest BCUT2D eigenvalue weighted by Gasteiger charge is 2.28. The van der Waals surface area contributed by atoms with E-state index in [-0.39, 0.29) is 36.2 Å². The van der Waals surface area contributed by atoms with Crippen LogP contribution in [-0.4, -0.2) is 87.2 Å². The fraction of sp³-hybridized carbons (Fsp3) is 0.778. The Hall–Kier alpha value is -1.16. The number of carbonyl (C=O) groups excluding carboxylic acids is 4. The topological polar surface area (TPSA) is 111 Å². The zero-order valence-corrected chi connectivity index (χ0v) is 22.7. The van der Waals surface area contributed by atoms with E-state index in [4.69, 9.17) is 9.47 Å². The Morgan fingerprint density at radius 3 is 1.19 bits per heavy atom. The molecule has 0 aromatic heterocycles. The van der Waals surface area contributed by atoms with E-state index < -0.39 is 32.5 Å². The van der Waals surface area contributed by atoms with E-state index in [0.717, 1.165) is 23.5 Å². The first kappa shape index (κ1) is 30.8. The van der Waals surface area contributed by atoms with Gasteiger partial charge in [0.05, 0.1) is 0 Å². The van der Waals surface area contributed by atoms with E-state index in [1.165, 1.54) is 0 Å². The van der Waals surface area contributed by atoms with Crippen molar-refractivity contribution in [2.75, 3.05) is 13.1 Å². The summed E-state index contributed by atoms with van der Waals surface area (Å²) < 4.78 is 9.31. The molecule has 0 aromatic carbocycles. The minimum absolute atomic E-state index is 0.0991. The van der Waals surface area contributed by atoms with Crippen LogP contribution in [0.5, 0.6) is 0 Å². The van der Waals surface area contributed by atoms with Crippen LogP contribution in [0.4, 0.5) is 9.59 Å². The molecule has 0 saturated heterocycles. The van der Waals surface area contributed by atoms with Gasteiger partial charge in [-0.05, 0) is 50.6 Å². The highest BCUT2D eigenvalue weighted by Crippen LogP contribution is 2.25. The molecule has 0 aliphatic rings. The quantitative estimate of drug-likeness (QED) is 0.409. The molecule has 32 heavy (non-hydrogen) atoms. The third-order valence-corrected chi connectivity index (χ3v) is 5.69. The van der Waals surface area contributed by atoms with Gasteiger partial charge in [0, 0.05) is 25.9 Å². The molecule has 0 rings (SSSR count). The Labute approximate surface area is 204 Å². The van der Waals surface area contributed by atoms with Crippen LogP contribution in [-0.2, 0) is 19.1 Å². The average Bonchev–Trinajstić information content (AvgIpc) is 2.53. The van der Waals surface area contributed by atoms with E-state index in [2.05, 4.69) is 10.6 Å². The Kier molecular flexibility index (Phi) is 11.9. The minimum Gasteiger partial charge on any atom is -0.444 e. The summed E-state index contributed by atoms with van der Waals surface area (Å²) in [5.41, 5.74) is -1.18. The molecule has 0 unspecified atom stereocenters. The van der Waals surface area contributed by atoms with Crippen molar-refractivity contribution < 1.29 is 28.7 Å². The first-order chi connectivity index (χ1) is 14.2. The lowest BCUT2D eigenvalue weighted by molar-refractivity contribution is -0.115. The lowest BCUT2D eigenvalue weighted by Crippen LogP contribution is -2.44. The van der Waals surface area contributed by atoms with Gasteiger partial charge in [-0.3, -0.25) is 9.59 Å². The Balaban J connectivity index is 4.39. The molecule has 2 N–H and O–H groups in total. The molecule has 0 fully saturated rings. The van der Waals surface area contributed by atoms with E-state index in [1.807, 2.05) is 31.4 Å². The average molecular weight is 484 g/mol. The van der Waals surface area contributed by atoms with Crippen LogP contribution in [0.1, 0.15) is 54.4 Å². The summed E-state index contributed by atoms with van der Waals surface area (Å²) >= 11 is 2.19. The van der Waals surface area contributed by atoms with Crippen molar-refractivity contribution in [3.8, 4) is 0 Å². The van der Waals surface area contributed by atoms with Gasteiger partial charge in [-0.2, -0.15) is 0 Å². The highest BCUT2D eigenvalue weighted by molar-refractivity contribution is 8.17. The van der Waals surface area contributed by atoms with Crippen LogP contribution in [0.15, 0.2) is 0 Å². The number of ether oxygens (including phenoxy) is 2. The Morgan fingerprint density at radius 1 is 0.656 bits per heavy atom. The Bertz CT molecular complexity index is 636. The van der Waals surface area contributed by atoms with Gasteiger partial charge in [0.1, 0.15) is 42.6 Å². The molecular formula is C18H36B4N2O6S2. The van der Waals surface area contributed by atoms with E-state index in [0.29, 0.717) is 0 Å². The molecule has 0 radical (unpaired) electrons. The van der Waals surface area contributed by atoms with Gasteiger partial charge < -0.3 is 20.1 Å². The zero-order valence-electron chi connectivity index (χ0n) is 21.1. The molecule has 178 valence electrons. The number of nitrogens with one attached hydrogen (secondary N) is 2. The van der Waals surface area contributed by atoms with Crippen molar-refractivity contribution in [2.45, 2.75) is 74.7 Å². The number of alkyl carbamates (subject to hydrolysis) is 2. The zero-order chi connectivity index (χ0) is 25.4. The molecule has 0 spiro atoms. The molecule has 0 aromatic rings. The first-order valence-electron chi connectivity index (χ1n) is 10.6. The van der Waals surface area contributed by atoms with Crippen LogP contribution in [0.25, 0.3) is 0 Å².